The first-order valence-electron chi connectivity index (χ1n) is 5.60. The smallest absolute Gasteiger partial charge is 0.195 e. The lowest BCUT2D eigenvalue weighted by Crippen LogP contribution is -1.90. The maximum Gasteiger partial charge on any atom is 0.195 e. The predicted molar refractivity (Wildman–Crippen MR) is 61.8 cm³/mol. The summed E-state index contributed by atoms with van der Waals surface area (Å²) in [5, 5.41) is 0. The molecule has 1 aromatic carbocycles. The van der Waals surface area contributed by atoms with E-state index < -0.39 is 0 Å². The highest BCUT2D eigenvalue weighted by molar-refractivity contribution is 5.72. The van der Waals surface area contributed by atoms with Crippen LogP contribution in [-0.4, -0.2) is 4.98 Å². The molecule has 80 valence electrons. The van der Waals surface area contributed by atoms with Crippen LogP contribution in [-0.2, 0) is 6.42 Å². The van der Waals surface area contributed by atoms with E-state index in [4.69, 9.17) is 4.42 Å². The zero-order valence-corrected chi connectivity index (χ0v) is 9.36. The first-order chi connectivity index (χ1) is 7.25. The van der Waals surface area contributed by atoms with Gasteiger partial charge in [-0.2, -0.15) is 0 Å². The van der Waals surface area contributed by atoms with Crippen molar-refractivity contribution in [3.63, 3.8) is 0 Å². The Morgan fingerprint density at radius 2 is 2.07 bits per heavy atom. The first-order valence-corrected chi connectivity index (χ1v) is 5.60. The molecule has 0 aliphatic carbocycles. The molecule has 2 aromatic rings. The Bertz CT molecular complexity index is 398. The molecule has 0 bridgehead atoms. The Morgan fingerprint density at radius 1 is 1.27 bits per heavy atom. The number of nitrogens with zero attached hydrogens (tertiary/aromatic N) is 1. The van der Waals surface area contributed by atoms with Crippen LogP contribution in [0, 0.1) is 5.92 Å². The van der Waals surface area contributed by atoms with E-state index in [-0.39, 0.29) is 0 Å². The molecule has 15 heavy (non-hydrogen) atoms. The summed E-state index contributed by atoms with van der Waals surface area (Å²) in [5.41, 5.74) is 1.87. The Hall–Kier alpha value is -1.31. The van der Waals surface area contributed by atoms with E-state index in [1.54, 1.807) is 0 Å². The number of fused-ring (bicyclic) bond motifs is 1. The number of aromatic nitrogens is 1. The SMILES string of the molecule is CC(C)CCCc1nc2ccccc2o1. The van der Waals surface area contributed by atoms with Crippen molar-refractivity contribution in [3.8, 4) is 0 Å². The maximum atomic E-state index is 5.64. The van der Waals surface area contributed by atoms with Crippen molar-refractivity contribution in [2.45, 2.75) is 33.1 Å². The molecular weight excluding hydrogens is 186 g/mol. The predicted octanol–water partition coefficient (Wildman–Crippen LogP) is 3.81. The van der Waals surface area contributed by atoms with Gasteiger partial charge in [-0.1, -0.05) is 32.4 Å². The highest BCUT2D eigenvalue weighted by Crippen LogP contribution is 2.16. The number of rotatable bonds is 4. The van der Waals surface area contributed by atoms with Crippen LogP contribution in [0.4, 0.5) is 0 Å². The summed E-state index contributed by atoms with van der Waals surface area (Å²) in [6.45, 7) is 4.48. The maximum absolute atomic E-state index is 5.64. The molecule has 1 heterocycles. The van der Waals surface area contributed by atoms with Gasteiger partial charge in [-0.15, -0.1) is 0 Å². The highest BCUT2D eigenvalue weighted by atomic mass is 16.3. The van der Waals surface area contributed by atoms with Gasteiger partial charge in [0.1, 0.15) is 5.52 Å². The summed E-state index contributed by atoms with van der Waals surface area (Å²) in [4.78, 5) is 4.44. The van der Waals surface area contributed by atoms with E-state index in [1.165, 1.54) is 6.42 Å². The number of benzene rings is 1. The summed E-state index contributed by atoms with van der Waals surface area (Å²) in [6.07, 6.45) is 3.34. The molecule has 2 heteroatoms. The van der Waals surface area contributed by atoms with Gasteiger partial charge in [-0.3, -0.25) is 0 Å². The van der Waals surface area contributed by atoms with Crippen molar-refractivity contribution in [1.29, 1.82) is 0 Å². The van der Waals surface area contributed by atoms with Gasteiger partial charge in [-0.05, 0) is 24.5 Å². The van der Waals surface area contributed by atoms with Crippen molar-refractivity contribution < 1.29 is 4.42 Å². The zero-order valence-electron chi connectivity index (χ0n) is 9.36. The average molecular weight is 203 g/mol. The minimum Gasteiger partial charge on any atom is -0.441 e. The van der Waals surface area contributed by atoms with Gasteiger partial charge in [0, 0.05) is 6.42 Å². The summed E-state index contributed by atoms with van der Waals surface area (Å²) in [7, 11) is 0. The number of aryl methyl sites for hydroxylation is 1. The third-order valence-corrected chi connectivity index (χ3v) is 2.51. The van der Waals surface area contributed by atoms with Crippen LogP contribution >= 0.6 is 0 Å². The van der Waals surface area contributed by atoms with Crippen molar-refractivity contribution in [3.05, 3.63) is 30.2 Å². The van der Waals surface area contributed by atoms with Gasteiger partial charge in [-0.25, -0.2) is 4.98 Å². The van der Waals surface area contributed by atoms with E-state index in [9.17, 15) is 0 Å². The molecule has 0 radical (unpaired) electrons. The molecule has 0 aliphatic heterocycles. The molecule has 0 fully saturated rings. The Labute approximate surface area is 90.3 Å². The quantitative estimate of drug-likeness (QED) is 0.755. The van der Waals surface area contributed by atoms with E-state index in [0.717, 1.165) is 35.7 Å². The molecule has 1 aromatic heterocycles. The third-order valence-electron chi connectivity index (χ3n) is 2.51. The lowest BCUT2D eigenvalue weighted by molar-refractivity contribution is 0.486. The summed E-state index contributed by atoms with van der Waals surface area (Å²) < 4.78 is 5.64. The Kier molecular flexibility index (Phi) is 3.05. The van der Waals surface area contributed by atoms with Gasteiger partial charge >= 0.3 is 0 Å². The molecule has 2 nitrogen and oxygen atoms in total. The van der Waals surface area contributed by atoms with E-state index in [2.05, 4.69) is 18.8 Å². The molecule has 0 saturated carbocycles. The largest absolute Gasteiger partial charge is 0.441 e. The first kappa shape index (κ1) is 10.2. The van der Waals surface area contributed by atoms with Crippen molar-refractivity contribution in [2.75, 3.05) is 0 Å². The number of hydrogen-bond acceptors (Lipinski definition) is 2. The van der Waals surface area contributed by atoms with Crippen molar-refractivity contribution >= 4 is 11.1 Å². The van der Waals surface area contributed by atoms with Gasteiger partial charge in [0.05, 0.1) is 0 Å². The fourth-order valence-corrected chi connectivity index (χ4v) is 1.69. The third kappa shape index (κ3) is 2.58. The molecule has 0 spiro atoms. The molecule has 0 unspecified atom stereocenters. The molecule has 0 saturated heterocycles. The molecule has 0 aliphatic rings. The van der Waals surface area contributed by atoms with Crippen LogP contribution < -0.4 is 0 Å². The Morgan fingerprint density at radius 3 is 2.80 bits per heavy atom. The van der Waals surface area contributed by atoms with Crippen LogP contribution in [0.3, 0.4) is 0 Å². The Balaban J connectivity index is 2.03. The molecule has 0 N–H and O–H groups in total. The normalized spacial score (nSPS) is 11.4. The second-order valence-electron chi connectivity index (χ2n) is 4.36. The van der Waals surface area contributed by atoms with Gasteiger partial charge < -0.3 is 4.42 Å². The van der Waals surface area contributed by atoms with E-state index >= 15 is 0 Å². The summed E-state index contributed by atoms with van der Waals surface area (Å²) in [5.74, 6) is 1.63. The fourth-order valence-electron chi connectivity index (χ4n) is 1.69. The second-order valence-corrected chi connectivity index (χ2v) is 4.36. The summed E-state index contributed by atoms with van der Waals surface area (Å²) >= 11 is 0. The van der Waals surface area contributed by atoms with E-state index in [0.29, 0.717) is 0 Å². The molecule has 0 amide bonds. The minimum absolute atomic E-state index is 0.759. The van der Waals surface area contributed by atoms with Crippen LogP contribution in [0.25, 0.3) is 11.1 Å². The van der Waals surface area contributed by atoms with E-state index in [1.807, 2.05) is 24.3 Å². The molecule has 2 rings (SSSR count). The monoisotopic (exact) mass is 203 g/mol. The van der Waals surface area contributed by atoms with Crippen molar-refractivity contribution in [2.24, 2.45) is 5.92 Å². The van der Waals surface area contributed by atoms with Crippen LogP contribution in [0.15, 0.2) is 28.7 Å². The zero-order chi connectivity index (χ0) is 10.7. The van der Waals surface area contributed by atoms with Crippen LogP contribution in [0.5, 0.6) is 0 Å². The highest BCUT2D eigenvalue weighted by Gasteiger charge is 2.04. The van der Waals surface area contributed by atoms with Gasteiger partial charge in [0.2, 0.25) is 0 Å². The average Bonchev–Trinajstić information content (AvgIpc) is 2.59. The summed E-state index contributed by atoms with van der Waals surface area (Å²) in [6, 6.07) is 7.92. The lowest BCUT2D eigenvalue weighted by Gasteiger charge is -2.00. The van der Waals surface area contributed by atoms with Gasteiger partial charge in [0.25, 0.3) is 0 Å². The van der Waals surface area contributed by atoms with Crippen LogP contribution in [0.1, 0.15) is 32.6 Å². The standard InChI is InChI=1S/C13H17NO/c1-10(2)6-5-9-13-14-11-7-3-4-8-12(11)15-13/h3-4,7-8,10H,5-6,9H2,1-2H3. The minimum atomic E-state index is 0.759. The van der Waals surface area contributed by atoms with Crippen LogP contribution in [0.2, 0.25) is 0 Å². The topological polar surface area (TPSA) is 26.0 Å². The van der Waals surface area contributed by atoms with Crippen molar-refractivity contribution in [1.82, 2.24) is 4.98 Å². The number of hydrogen-bond donors (Lipinski definition) is 0. The second kappa shape index (κ2) is 4.47. The molecular formula is C13H17NO. The molecule has 0 atom stereocenters. The lowest BCUT2D eigenvalue weighted by atomic mass is 10.1. The number of oxazole rings is 1. The van der Waals surface area contributed by atoms with Gasteiger partial charge in [0.15, 0.2) is 11.5 Å². The number of para-hydroxylation sites is 2. The fraction of sp³-hybridized carbons (Fsp3) is 0.462.